The summed E-state index contributed by atoms with van der Waals surface area (Å²) in [5, 5.41) is 12.3. The van der Waals surface area contributed by atoms with Crippen molar-refractivity contribution in [3.63, 3.8) is 0 Å². The largest absolute Gasteiger partial charge is 0.478 e. The van der Waals surface area contributed by atoms with Gasteiger partial charge in [0.05, 0.1) is 11.3 Å². The lowest BCUT2D eigenvalue weighted by Gasteiger charge is -2.08. The highest BCUT2D eigenvalue weighted by Crippen LogP contribution is 2.20. The van der Waals surface area contributed by atoms with Crippen LogP contribution in [0.4, 0.5) is 5.69 Å². The lowest BCUT2D eigenvalue weighted by atomic mass is 10.1. The van der Waals surface area contributed by atoms with Gasteiger partial charge in [-0.2, -0.15) is 0 Å². The Balaban J connectivity index is 2.03. The molecule has 126 valence electrons. The van der Waals surface area contributed by atoms with Crippen LogP contribution in [0.5, 0.6) is 0 Å². The number of amides is 1. The van der Waals surface area contributed by atoms with Gasteiger partial charge in [-0.05, 0) is 55.3 Å². The monoisotopic (exact) mass is 337 g/mol. The summed E-state index contributed by atoms with van der Waals surface area (Å²) in [6.07, 6.45) is 0. The van der Waals surface area contributed by atoms with E-state index in [1.54, 1.807) is 18.2 Å². The number of carbonyl (C=O) groups is 2. The maximum absolute atomic E-state index is 12.4. The van der Waals surface area contributed by atoms with Gasteiger partial charge in [-0.25, -0.2) is 9.59 Å². The number of carboxylic acids is 1. The molecule has 1 amide bonds. The first-order chi connectivity index (χ1) is 11.9. The molecule has 25 heavy (non-hydrogen) atoms. The molecule has 3 rings (SSSR count). The molecule has 0 aliphatic rings. The van der Waals surface area contributed by atoms with Crippen LogP contribution >= 0.6 is 0 Å². The summed E-state index contributed by atoms with van der Waals surface area (Å²) in [5.74, 6) is -1.89. The highest BCUT2D eigenvalue weighted by atomic mass is 16.4. The zero-order chi connectivity index (χ0) is 18.1. The fourth-order valence-corrected chi connectivity index (χ4v) is 2.51. The van der Waals surface area contributed by atoms with Gasteiger partial charge in [0.1, 0.15) is 11.1 Å². The van der Waals surface area contributed by atoms with Crippen molar-refractivity contribution in [1.82, 2.24) is 0 Å². The van der Waals surface area contributed by atoms with Gasteiger partial charge in [0.25, 0.3) is 5.91 Å². The first-order valence-corrected chi connectivity index (χ1v) is 7.55. The van der Waals surface area contributed by atoms with Gasteiger partial charge >= 0.3 is 11.6 Å². The van der Waals surface area contributed by atoms with E-state index >= 15 is 0 Å². The second-order valence-electron chi connectivity index (χ2n) is 5.73. The zero-order valence-corrected chi connectivity index (χ0v) is 13.6. The van der Waals surface area contributed by atoms with Crippen LogP contribution in [0.25, 0.3) is 11.0 Å². The number of para-hydroxylation sites is 1. The predicted molar refractivity (Wildman–Crippen MR) is 93.3 cm³/mol. The van der Waals surface area contributed by atoms with Crippen molar-refractivity contribution in [2.45, 2.75) is 13.8 Å². The Morgan fingerprint density at radius 2 is 1.68 bits per heavy atom. The van der Waals surface area contributed by atoms with E-state index in [-0.39, 0.29) is 16.8 Å². The summed E-state index contributed by atoms with van der Waals surface area (Å²) in [7, 11) is 0. The Kier molecular flexibility index (Phi) is 4.10. The number of nitrogens with one attached hydrogen (secondary N) is 1. The Hall–Kier alpha value is -3.41. The van der Waals surface area contributed by atoms with Gasteiger partial charge < -0.3 is 14.8 Å². The number of aryl methyl sites for hydroxylation is 2. The average molecular weight is 337 g/mol. The molecule has 0 fully saturated rings. The smallest absolute Gasteiger partial charge is 0.349 e. The molecule has 0 aliphatic carbocycles. The Labute approximate surface area is 142 Å². The summed E-state index contributed by atoms with van der Waals surface area (Å²) in [6.45, 7) is 3.82. The molecule has 0 bridgehead atoms. The number of carboxylic acid groups (broad SMARTS) is 1. The molecule has 1 aromatic heterocycles. The maximum atomic E-state index is 12.4. The number of aromatic carboxylic acids is 1. The van der Waals surface area contributed by atoms with Gasteiger partial charge in [0.15, 0.2) is 0 Å². The van der Waals surface area contributed by atoms with Crippen LogP contribution in [-0.2, 0) is 0 Å². The normalized spacial score (nSPS) is 10.6. The number of rotatable bonds is 3. The predicted octanol–water partition coefficient (Wildman–Crippen LogP) is 3.36. The first-order valence-electron chi connectivity index (χ1n) is 7.55. The van der Waals surface area contributed by atoms with E-state index in [0.717, 1.165) is 11.1 Å². The van der Waals surface area contributed by atoms with Crippen molar-refractivity contribution in [3.8, 4) is 0 Å². The fraction of sp³-hybridized carbons (Fsp3) is 0.105. The molecular formula is C19H15NO5. The SMILES string of the molecule is Cc1cc2cc(C(=O)Nc3ccccc3C(=O)O)c(=O)oc2cc1C. The summed E-state index contributed by atoms with van der Waals surface area (Å²) in [4.78, 5) is 35.8. The molecule has 0 unspecified atom stereocenters. The minimum atomic E-state index is -1.17. The molecular weight excluding hydrogens is 322 g/mol. The van der Waals surface area contributed by atoms with Crippen LogP contribution in [0.3, 0.4) is 0 Å². The molecule has 2 aromatic carbocycles. The molecule has 2 N–H and O–H groups in total. The molecule has 0 saturated carbocycles. The number of benzene rings is 2. The molecule has 0 aliphatic heterocycles. The lowest BCUT2D eigenvalue weighted by molar-refractivity contribution is 0.0698. The van der Waals surface area contributed by atoms with Crippen LogP contribution in [0.15, 0.2) is 51.7 Å². The number of hydrogen-bond donors (Lipinski definition) is 2. The minimum Gasteiger partial charge on any atom is -0.478 e. The van der Waals surface area contributed by atoms with Crippen molar-refractivity contribution in [1.29, 1.82) is 0 Å². The molecule has 0 spiro atoms. The molecule has 0 radical (unpaired) electrons. The van der Waals surface area contributed by atoms with E-state index < -0.39 is 17.5 Å². The third-order valence-corrected chi connectivity index (χ3v) is 4.00. The third kappa shape index (κ3) is 3.14. The van der Waals surface area contributed by atoms with Crippen LogP contribution in [0.2, 0.25) is 0 Å². The van der Waals surface area contributed by atoms with Crippen molar-refractivity contribution in [2.75, 3.05) is 5.32 Å². The highest BCUT2D eigenvalue weighted by molar-refractivity contribution is 6.08. The van der Waals surface area contributed by atoms with Crippen molar-refractivity contribution >= 4 is 28.5 Å². The van der Waals surface area contributed by atoms with Crippen LogP contribution in [0, 0.1) is 13.8 Å². The number of carbonyl (C=O) groups excluding carboxylic acids is 1. The number of hydrogen-bond acceptors (Lipinski definition) is 4. The Morgan fingerprint density at radius 1 is 1.00 bits per heavy atom. The quantitative estimate of drug-likeness (QED) is 0.714. The highest BCUT2D eigenvalue weighted by Gasteiger charge is 2.17. The summed E-state index contributed by atoms with van der Waals surface area (Å²) in [5.41, 5.74) is 1.46. The Bertz CT molecular complexity index is 1070. The topological polar surface area (TPSA) is 96.6 Å². The van der Waals surface area contributed by atoms with Gasteiger partial charge in [-0.15, -0.1) is 0 Å². The standard InChI is InChI=1S/C19H15NO5/c1-10-7-12-9-14(19(24)25-16(12)8-11(10)2)17(21)20-15-6-4-3-5-13(15)18(22)23/h3-9H,1-2H3,(H,20,21)(H,22,23). The zero-order valence-electron chi connectivity index (χ0n) is 13.6. The van der Waals surface area contributed by atoms with E-state index in [1.165, 1.54) is 18.2 Å². The van der Waals surface area contributed by atoms with Gasteiger partial charge in [-0.3, -0.25) is 4.79 Å². The van der Waals surface area contributed by atoms with E-state index in [2.05, 4.69) is 5.32 Å². The van der Waals surface area contributed by atoms with Crippen LogP contribution in [-0.4, -0.2) is 17.0 Å². The van der Waals surface area contributed by atoms with Crippen molar-refractivity contribution in [3.05, 3.63) is 75.1 Å². The third-order valence-electron chi connectivity index (χ3n) is 4.00. The Morgan fingerprint density at radius 3 is 2.40 bits per heavy atom. The average Bonchev–Trinajstić information content (AvgIpc) is 2.56. The van der Waals surface area contributed by atoms with E-state index in [4.69, 9.17) is 4.42 Å². The van der Waals surface area contributed by atoms with Crippen molar-refractivity contribution < 1.29 is 19.1 Å². The molecule has 6 nitrogen and oxygen atoms in total. The molecule has 1 heterocycles. The van der Waals surface area contributed by atoms with Crippen LogP contribution < -0.4 is 10.9 Å². The van der Waals surface area contributed by atoms with E-state index in [1.807, 2.05) is 19.9 Å². The first kappa shape index (κ1) is 16.4. The fourth-order valence-electron chi connectivity index (χ4n) is 2.51. The number of anilines is 1. The molecule has 0 atom stereocenters. The summed E-state index contributed by atoms with van der Waals surface area (Å²) < 4.78 is 5.23. The molecule has 6 heteroatoms. The second-order valence-corrected chi connectivity index (χ2v) is 5.73. The van der Waals surface area contributed by atoms with Crippen LogP contribution in [0.1, 0.15) is 31.8 Å². The number of fused-ring (bicyclic) bond motifs is 1. The minimum absolute atomic E-state index is 0.0625. The maximum Gasteiger partial charge on any atom is 0.349 e. The lowest BCUT2D eigenvalue weighted by Crippen LogP contribution is -2.21. The van der Waals surface area contributed by atoms with E-state index in [0.29, 0.717) is 11.0 Å². The summed E-state index contributed by atoms with van der Waals surface area (Å²) in [6, 6.07) is 11.0. The van der Waals surface area contributed by atoms with Gasteiger partial charge in [0, 0.05) is 5.39 Å². The summed E-state index contributed by atoms with van der Waals surface area (Å²) >= 11 is 0. The van der Waals surface area contributed by atoms with E-state index in [9.17, 15) is 19.5 Å². The van der Waals surface area contributed by atoms with Gasteiger partial charge in [-0.1, -0.05) is 12.1 Å². The molecule has 0 saturated heterocycles. The van der Waals surface area contributed by atoms with Crippen molar-refractivity contribution in [2.24, 2.45) is 0 Å². The second kappa shape index (κ2) is 6.24. The molecule has 3 aromatic rings. The van der Waals surface area contributed by atoms with Gasteiger partial charge in [0.2, 0.25) is 0 Å².